The number of hydrogen-bond donors (Lipinski definition) is 2. The van der Waals surface area contributed by atoms with Gasteiger partial charge in [-0.05, 0) is 41.9 Å². The summed E-state index contributed by atoms with van der Waals surface area (Å²) in [5.74, 6) is 0.992. The first-order valence-corrected chi connectivity index (χ1v) is 7.35. The van der Waals surface area contributed by atoms with E-state index in [-0.39, 0.29) is 6.61 Å². The molecule has 18 heavy (non-hydrogen) atoms. The molecule has 2 rings (SSSR count). The summed E-state index contributed by atoms with van der Waals surface area (Å²) in [6, 6.07) is 4.14. The summed E-state index contributed by atoms with van der Waals surface area (Å²) in [6.07, 6.45) is 0. The Morgan fingerprint density at radius 1 is 1.44 bits per heavy atom. The lowest BCUT2D eigenvalue weighted by molar-refractivity contribution is 0.270. The Kier molecular flexibility index (Phi) is 4.42. The number of aryl methyl sites for hydroxylation is 1. The molecule has 0 aliphatic rings. The molecule has 0 spiro atoms. The number of aliphatic hydroxyl groups is 1. The van der Waals surface area contributed by atoms with Gasteiger partial charge in [0.05, 0.1) is 29.2 Å². The number of halogens is 1. The molecular formula is C12H16BrN3OS. The molecule has 2 N–H and O–H groups in total. The van der Waals surface area contributed by atoms with Crippen molar-refractivity contribution in [1.29, 1.82) is 0 Å². The average molecular weight is 330 g/mol. The van der Waals surface area contributed by atoms with Crippen LogP contribution in [0.4, 0.5) is 5.82 Å². The molecule has 2 aromatic rings. The average Bonchev–Trinajstić information content (AvgIpc) is 2.84. The summed E-state index contributed by atoms with van der Waals surface area (Å²) >= 11 is 5.17. The molecule has 0 radical (unpaired) electrons. The maximum atomic E-state index is 9.04. The van der Waals surface area contributed by atoms with Gasteiger partial charge in [-0.3, -0.25) is 0 Å². The van der Waals surface area contributed by atoms with Crippen molar-refractivity contribution in [1.82, 2.24) is 9.78 Å². The van der Waals surface area contributed by atoms with Crippen LogP contribution in [-0.4, -0.2) is 21.5 Å². The van der Waals surface area contributed by atoms with Gasteiger partial charge in [0.2, 0.25) is 0 Å². The van der Waals surface area contributed by atoms with Gasteiger partial charge < -0.3 is 10.4 Å². The number of aromatic nitrogens is 2. The van der Waals surface area contributed by atoms with Crippen LogP contribution in [0.15, 0.2) is 15.9 Å². The second kappa shape index (κ2) is 5.86. The molecule has 0 saturated carbocycles. The monoisotopic (exact) mass is 329 g/mol. The Bertz CT molecular complexity index is 535. The zero-order valence-corrected chi connectivity index (χ0v) is 12.8. The molecule has 0 amide bonds. The summed E-state index contributed by atoms with van der Waals surface area (Å²) in [7, 11) is 0. The third-order valence-corrected chi connectivity index (χ3v) is 4.42. The first-order chi connectivity index (χ1) is 8.61. The Labute approximate surface area is 119 Å². The molecule has 0 unspecified atom stereocenters. The van der Waals surface area contributed by atoms with Crippen molar-refractivity contribution in [3.05, 3.63) is 32.1 Å². The first-order valence-electron chi connectivity index (χ1n) is 5.74. The lowest BCUT2D eigenvalue weighted by Gasteiger charge is -2.09. The molecular weight excluding hydrogens is 314 g/mol. The quantitative estimate of drug-likeness (QED) is 0.886. The maximum absolute atomic E-state index is 9.04. The van der Waals surface area contributed by atoms with Gasteiger partial charge in [0.25, 0.3) is 0 Å². The van der Waals surface area contributed by atoms with E-state index < -0.39 is 0 Å². The second-order valence-electron chi connectivity index (χ2n) is 4.07. The number of aliphatic hydroxyl groups excluding tert-OH is 1. The third kappa shape index (κ3) is 2.93. The Morgan fingerprint density at radius 3 is 2.83 bits per heavy atom. The molecule has 0 aliphatic heterocycles. The van der Waals surface area contributed by atoms with Gasteiger partial charge in [-0.15, -0.1) is 11.3 Å². The second-order valence-corrected chi connectivity index (χ2v) is 6.61. The highest BCUT2D eigenvalue weighted by Crippen LogP contribution is 2.24. The largest absolute Gasteiger partial charge is 0.394 e. The van der Waals surface area contributed by atoms with E-state index in [1.807, 2.05) is 24.6 Å². The van der Waals surface area contributed by atoms with Crippen LogP contribution in [0.2, 0.25) is 0 Å². The Hall–Kier alpha value is -0.850. The molecule has 2 aromatic heterocycles. The van der Waals surface area contributed by atoms with Gasteiger partial charge in [0.15, 0.2) is 0 Å². The minimum Gasteiger partial charge on any atom is -0.394 e. The van der Waals surface area contributed by atoms with Crippen molar-refractivity contribution >= 4 is 33.1 Å². The van der Waals surface area contributed by atoms with Gasteiger partial charge in [-0.1, -0.05) is 0 Å². The van der Waals surface area contributed by atoms with Crippen LogP contribution in [-0.2, 0) is 13.1 Å². The van der Waals surface area contributed by atoms with E-state index in [2.05, 4.69) is 32.4 Å². The van der Waals surface area contributed by atoms with Gasteiger partial charge in [0.1, 0.15) is 5.82 Å². The zero-order chi connectivity index (χ0) is 13.1. The predicted octanol–water partition coefficient (Wildman–Crippen LogP) is 2.93. The normalized spacial score (nSPS) is 10.9. The predicted molar refractivity (Wildman–Crippen MR) is 78.1 cm³/mol. The van der Waals surface area contributed by atoms with Gasteiger partial charge in [-0.25, -0.2) is 4.68 Å². The van der Waals surface area contributed by atoms with Crippen LogP contribution in [0.5, 0.6) is 0 Å². The van der Waals surface area contributed by atoms with E-state index in [1.54, 1.807) is 11.3 Å². The van der Waals surface area contributed by atoms with E-state index in [0.717, 1.165) is 27.4 Å². The summed E-state index contributed by atoms with van der Waals surface area (Å²) < 4.78 is 2.96. The van der Waals surface area contributed by atoms with E-state index >= 15 is 0 Å². The van der Waals surface area contributed by atoms with Crippen molar-refractivity contribution in [3.8, 4) is 0 Å². The number of anilines is 1. The summed E-state index contributed by atoms with van der Waals surface area (Å²) in [5, 5.41) is 16.8. The van der Waals surface area contributed by atoms with Crippen LogP contribution in [0.25, 0.3) is 0 Å². The van der Waals surface area contributed by atoms with Crippen LogP contribution in [0.3, 0.4) is 0 Å². The molecule has 0 aromatic carbocycles. The number of hydrogen-bond acceptors (Lipinski definition) is 4. The van der Waals surface area contributed by atoms with E-state index in [9.17, 15) is 0 Å². The number of nitrogens with zero attached hydrogens (tertiary/aromatic N) is 2. The van der Waals surface area contributed by atoms with Crippen molar-refractivity contribution in [2.45, 2.75) is 26.9 Å². The first kappa shape index (κ1) is 13.6. The minimum atomic E-state index is 0.0970. The van der Waals surface area contributed by atoms with Gasteiger partial charge in [0, 0.05) is 10.4 Å². The fourth-order valence-corrected chi connectivity index (χ4v) is 3.19. The van der Waals surface area contributed by atoms with E-state index in [4.69, 9.17) is 5.11 Å². The van der Waals surface area contributed by atoms with Crippen LogP contribution in [0, 0.1) is 13.8 Å². The number of nitrogens with one attached hydrogen (secondary N) is 1. The lowest BCUT2D eigenvalue weighted by Crippen LogP contribution is -2.10. The molecule has 2 heterocycles. The molecule has 0 bridgehead atoms. The van der Waals surface area contributed by atoms with Crippen molar-refractivity contribution in [3.63, 3.8) is 0 Å². The van der Waals surface area contributed by atoms with Gasteiger partial charge >= 0.3 is 0 Å². The maximum Gasteiger partial charge on any atom is 0.127 e. The number of rotatable bonds is 5. The van der Waals surface area contributed by atoms with Gasteiger partial charge in [-0.2, -0.15) is 5.10 Å². The van der Waals surface area contributed by atoms with E-state index in [0.29, 0.717) is 6.54 Å². The molecule has 0 aliphatic carbocycles. The Balaban J connectivity index is 2.12. The summed E-state index contributed by atoms with van der Waals surface area (Å²) in [6.45, 7) is 5.41. The van der Waals surface area contributed by atoms with Crippen LogP contribution >= 0.6 is 27.3 Å². The molecule has 0 atom stereocenters. The fraction of sp³-hybridized carbons (Fsp3) is 0.417. The highest BCUT2D eigenvalue weighted by atomic mass is 79.9. The standard InChI is InChI=1S/C12H16BrN3OS/c1-8-9(2)15-16(5-6-17)12(8)14-7-10-3-4-11(13)18-10/h3-4,14,17H,5-7H2,1-2H3. The Morgan fingerprint density at radius 2 is 2.22 bits per heavy atom. The molecule has 0 saturated heterocycles. The van der Waals surface area contributed by atoms with E-state index in [1.165, 1.54) is 4.88 Å². The summed E-state index contributed by atoms with van der Waals surface area (Å²) in [5.41, 5.74) is 2.14. The fourth-order valence-electron chi connectivity index (χ4n) is 1.77. The molecule has 0 fully saturated rings. The third-order valence-electron chi connectivity index (χ3n) is 2.80. The highest BCUT2D eigenvalue weighted by molar-refractivity contribution is 9.11. The van der Waals surface area contributed by atoms with Crippen molar-refractivity contribution in [2.24, 2.45) is 0 Å². The molecule has 6 heteroatoms. The van der Waals surface area contributed by atoms with Crippen LogP contribution in [0.1, 0.15) is 16.1 Å². The molecule has 4 nitrogen and oxygen atoms in total. The zero-order valence-electron chi connectivity index (χ0n) is 10.4. The lowest BCUT2D eigenvalue weighted by atomic mass is 10.3. The minimum absolute atomic E-state index is 0.0970. The topological polar surface area (TPSA) is 50.1 Å². The molecule has 98 valence electrons. The number of thiophene rings is 1. The summed E-state index contributed by atoms with van der Waals surface area (Å²) in [4.78, 5) is 1.26. The smallest absolute Gasteiger partial charge is 0.127 e. The van der Waals surface area contributed by atoms with Crippen molar-refractivity contribution < 1.29 is 5.11 Å². The highest BCUT2D eigenvalue weighted by Gasteiger charge is 2.11. The van der Waals surface area contributed by atoms with Crippen LogP contribution < -0.4 is 5.32 Å². The van der Waals surface area contributed by atoms with Crippen molar-refractivity contribution in [2.75, 3.05) is 11.9 Å². The SMILES string of the molecule is Cc1nn(CCO)c(NCc2ccc(Br)s2)c1C.